The molecular formula is C32H24Cl2N2O5. The molecular weight excluding hydrogens is 563 g/mol. The Labute approximate surface area is 246 Å². The van der Waals surface area contributed by atoms with E-state index in [2.05, 4.69) is 11.4 Å². The van der Waals surface area contributed by atoms with Crippen molar-refractivity contribution in [3.8, 4) is 11.5 Å². The van der Waals surface area contributed by atoms with Gasteiger partial charge in [-0.15, -0.1) is 0 Å². The number of ether oxygens (including phenoxy) is 2. The Kier molecular flexibility index (Phi) is 8.38. The summed E-state index contributed by atoms with van der Waals surface area (Å²) in [6.45, 7) is 2.64. The minimum absolute atomic E-state index is 0.171. The van der Waals surface area contributed by atoms with Gasteiger partial charge in [0.1, 0.15) is 30.3 Å². The maximum atomic E-state index is 13.3. The summed E-state index contributed by atoms with van der Waals surface area (Å²) in [5.74, 6) is -0.359. The van der Waals surface area contributed by atoms with Gasteiger partial charge in [0.25, 0.3) is 11.8 Å². The highest BCUT2D eigenvalue weighted by Crippen LogP contribution is 2.27. The normalized spacial score (nSPS) is 14.3. The standard InChI is InChI=1S/C32H24Cl2N2O5/c1-20-3-2-4-22(15-20)18-40-26-11-5-21(6-12-26)16-28-30(37)35-32(39)36(31(28)38)25-9-13-27(14-10-25)41-19-23-7-8-24(33)17-29(23)34/h2-17H,18-19H2,1H3,(H,35,37,39)/b28-16+. The number of nitrogens with zero attached hydrogens (tertiary/aromatic N) is 1. The van der Waals surface area contributed by atoms with Crippen molar-refractivity contribution in [2.45, 2.75) is 20.1 Å². The van der Waals surface area contributed by atoms with E-state index in [0.717, 1.165) is 21.6 Å². The Morgan fingerprint density at radius 2 is 1.49 bits per heavy atom. The SMILES string of the molecule is Cc1cccc(COc2ccc(/C=C3\C(=O)NC(=O)N(c4ccc(OCc5ccc(Cl)cc5Cl)cc4)C3=O)cc2)c1. The van der Waals surface area contributed by atoms with Gasteiger partial charge < -0.3 is 9.47 Å². The van der Waals surface area contributed by atoms with E-state index >= 15 is 0 Å². The van der Waals surface area contributed by atoms with E-state index in [1.54, 1.807) is 66.7 Å². The van der Waals surface area contributed by atoms with Crippen LogP contribution in [0.2, 0.25) is 10.0 Å². The third kappa shape index (κ3) is 6.77. The Balaban J connectivity index is 1.26. The van der Waals surface area contributed by atoms with Crippen LogP contribution in [0.5, 0.6) is 11.5 Å². The van der Waals surface area contributed by atoms with Crippen LogP contribution in [-0.2, 0) is 22.8 Å². The molecule has 0 aromatic heterocycles. The Hall–Kier alpha value is -4.59. The summed E-state index contributed by atoms with van der Waals surface area (Å²) in [7, 11) is 0. The quantitative estimate of drug-likeness (QED) is 0.175. The Morgan fingerprint density at radius 3 is 2.17 bits per heavy atom. The number of carbonyl (C=O) groups is 3. The number of rotatable bonds is 8. The third-order valence-electron chi connectivity index (χ3n) is 6.29. The summed E-state index contributed by atoms with van der Waals surface area (Å²) >= 11 is 12.1. The smallest absolute Gasteiger partial charge is 0.335 e. The van der Waals surface area contributed by atoms with Crippen molar-refractivity contribution >= 4 is 52.8 Å². The van der Waals surface area contributed by atoms with E-state index in [-0.39, 0.29) is 17.9 Å². The van der Waals surface area contributed by atoms with Gasteiger partial charge in [0.2, 0.25) is 0 Å². The molecule has 1 aliphatic rings. The van der Waals surface area contributed by atoms with Crippen LogP contribution in [-0.4, -0.2) is 17.8 Å². The van der Waals surface area contributed by atoms with E-state index in [1.165, 1.54) is 6.08 Å². The number of benzene rings is 4. The van der Waals surface area contributed by atoms with Crippen molar-refractivity contribution in [2.24, 2.45) is 0 Å². The molecule has 0 unspecified atom stereocenters. The summed E-state index contributed by atoms with van der Waals surface area (Å²) in [6, 6.07) is 25.7. The van der Waals surface area contributed by atoms with Crippen LogP contribution in [0.3, 0.4) is 0 Å². The first kappa shape index (κ1) is 28.0. The lowest BCUT2D eigenvalue weighted by Crippen LogP contribution is -2.54. The molecule has 0 radical (unpaired) electrons. The van der Waals surface area contributed by atoms with Crippen LogP contribution in [0, 0.1) is 6.92 Å². The minimum Gasteiger partial charge on any atom is -0.489 e. The average Bonchev–Trinajstić information content (AvgIpc) is 2.95. The number of nitrogens with one attached hydrogen (secondary N) is 1. The van der Waals surface area contributed by atoms with Crippen molar-refractivity contribution < 1.29 is 23.9 Å². The van der Waals surface area contributed by atoms with Gasteiger partial charge in [0.05, 0.1) is 5.69 Å². The van der Waals surface area contributed by atoms with Gasteiger partial charge in [0, 0.05) is 15.6 Å². The molecule has 1 heterocycles. The molecule has 1 aliphatic heterocycles. The second kappa shape index (κ2) is 12.3. The first-order valence-corrected chi connectivity index (χ1v) is 13.4. The maximum absolute atomic E-state index is 13.3. The first-order valence-electron chi connectivity index (χ1n) is 12.6. The molecule has 1 saturated heterocycles. The number of barbiturate groups is 1. The lowest BCUT2D eigenvalue weighted by Gasteiger charge is -2.26. The summed E-state index contributed by atoms with van der Waals surface area (Å²) in [4.78, 5) is 39.3. The molecule has 1 fully saturated rings. The number of hydrogen-bond donors (Lipinski definition) is 1. The number of carbonyl (C=O) groups excluding carboxylic acids is 3. The predicted molar refractivity (Wildman–Crippen MR) is 158 cm³/mol. The van der Waals surface area contributed by atoms with Crippen molar-refractivity contribution in [3.05, 3.63) is 129 Å². The van der Waals surface area contributed by atoms with E-state index < -0.39 is 17.8 Å². The summed E-state index contributed by atoms with van der Waals surface area (Å²) in [6.07, 6.45) is 1.44. The molecule has 206 valence electrons. The second-order valence-electron chi connectivity index (χ2n) is 9.32. The third-order valence-corrected chi connectivity index (χ3v) is 6.87. The van der Waals surface area contributed by atoms with Crippen LogP contribution >= 0.6 is 23.2 Å². The molecule has 0 spiro atoms. The summed E-state index contributed by atoms with van der Waals surface area (Å²) in [5.41, 5.74) is 3.67. The van der Waals surface area contributed by atoms with E-state index in [0.29, 0.717) is 33.7 Å². The van der Waals surface area contributed by atoms with Gasteiger partial charge in [-0.05, 0) is 72.7 Å². The van der Waals surface area contributed by atoms with Gasteiger partial charge in [-0.3, -0.25) is 14.9 Å². The molecule has 4 aromatic carbocycles. The molecule has 7 nitrogen and oxygen atoms in total. The Morgan fingerprint density at radius 1 is 0.805 bits per heavy atom. The highest BCUT2D eigenvalue weighted by atomic mass is 35.5. The molecule has 5 rings (SSSR count). The van der Waals surface area contributed by atoms with Crippen LogP contribution < -0.4 is 19.7 Å². The number of amides is 4. The van der Waals surface area contributed by atoms with E-state index in [9.17, 15) is 14.4 Å². The van der Waals surface area contributed by atoms with Crippen molar-refractivity contribution in [2.75, 3.05) is 4.90 Å². The first-order chi connectivity index (χ1) is 19.8. The van der Waals surface area contributed by atoms with E-state index in [4.69, 9.17) is 32.7 Å². The number of aryl methyl sites for hydroxylation is 1. The zero-order chi connectivity index (χ0) is 28.9. The molecule has 0 aliphatic carbocycles. The van der Waals surface area contributed by atoms with Gasteiger partial charge in [-0.2, -0.15) is 0 Å². The second-order valence-corrected chi connectivity index (χ2v) is 10.2. The zero-order valence-corrected chi connectivity index (χ0v) is 23.4. The number of urea groups is 1. The largest absolute Gasteiger partial charge is 0.489 e. The van der Waals surface area contributed by atoms with Crippen LogP contribution in [0.15, 0.2) is 96.6 Å². The molecule has 4 amide bonds. The molecule has 0 saturated carbocycles. The van der Waals surface area contributed by atoms with Crippen molar-refractivity contribution in [1.29, 1.82) is 0 Å². The molecule has 9 heteroatoms. The monoisotopic (exact) mass is 586 g/mol. The van der Waals surface area contributed by atoms with Crippen molar-refractivity contribution in [1.82, 2.24) is 5.32 Å². The predicted octanol–water partition coefficient (Wildman–Crippen LogP) is 7.13. The molecule has 0 atom stereocenters. The summed E-state index contributed by atoms with van der Waals surface area (Å²) < 4.78 is 11.6. The van der Waals surface area contributed by atoms with Gasteiger partial charge in [-0.25, -0.2) is 9.69 Å². The lowest BCUT2D eigenvalue weighted by atomic mass is 10.1. The fraction of sp³-hybridized carbons (Fsp3) is 0.0938. The Bertz CT molecular complexity index is 1650. The van der Waals surface area contributed by atoms with Crippen LogP contribution in [0.4, 0.5) is 10.5 Å². The highest BCUT2D eigenvalue weighted by molar-refractivity contribution is 6.39. The average molecular weight is 587 g/mol. The van der Waals surface area contributed by atoms with E-state index in [1.807, 2.05) is 25.1 Å². The summed E-state index contributed by atoms with van der Waals surface area (Å²) in [5, 5.41) is 3.24. The fourth-order valence-corrected chi connectivity index (χ4v) is 4.64. The molecule has 41 heavy (non-hydrogen) atoms. The topological polar surface area (TPSA) is 84.9 Å². The zero-order valence-electron chi connectivity index (χ0n) is 21.9. The molecule has 0 bridgehead atoms. The lowest BCUT2D eigenvalue weighted by molar-refractivity contribution is -0.122. The van der Waals surface area contributed by atoms with Crippen LogP contribution in [0.1, 0.15) is 22.3 Å². The number of imide groups is 2. The highest BCUT2D eigenvalue weighted by Gasteiger charge is 2.36. The molecule has 1 N–H and O–H groups in total. The maximum Gasteiger partial charge on any atom is 0.335 e. The minimum atomic E-state index is -0.835. The molecule has 4 aromatic rings. The van der Waals surface area contributed by atoms with Gasteiger partial charge in [0.15, 0.2) is 0 Å². The fourth-order valence-electron chi connectivity index (χ4n) is 4.18. The number of halogens is 2. The van der Waals surface area contributed by atoms with Crippen LogP contribution in [0.25, 0.3) is 6.08 Å². The number of hydrogen-bond acceptors (Lipinski definition) is 5. The van der Waals surface area contributed by atoms with Gasteiger partial charge >= 0.3 is 6.03 Å². The number of anilines is 1. The van der Waals surface area contributed by atoms with Gasteiger partial charge in [-0.1, -0.05) is 71.2 Å². The van der Waals surface area contributed by atoms with Crippen molar-refractivity contribution in [3.63, 3.8) is 0 Å².